The lowest BCUT2D eigenvalue weighted by Crippen LogP contribution is -2.44. The summed E-state index contributed by atoms with van der Waals surface area (Å²) in [4.78, 5) is 2.23. The van der Waals surface area contributed by atoms with Crippen LogP contribution in [0, 0.1) is 0 Å². The molecule has 6 heteroatoms. The predicted octanol–water partition coefficient (Wildman–Crippen LogP) is 5.70. The topological polar surface area (TPSA) is 43.0 Å². The van der Waals surface area contributed by atoms with E-state index in [0.29, 0.717) is 29.8 Å². The molecule has 1 fully saturated rings. The van der Waals surface area contributed by atoms with E-state index in [1.807, 2.05) is 18.2 Å². The Bertz CT molecular complexity index is 826. The normalized spacial score (nSPS) is 14.7. The Kier molecular flexibility index (Phi) is 9.47. The van der Waals surface area contributed by atoms with Crippen LogP contribution in [-0.4, -0.2) is 37.4 Å². The zero-order valence-corrected chi connectivity index (χ0v) is 20.4. The van der Waals surface area contributed by atoms with Crippen LogP contribution in [0.15, 0.2) is 42.5 Å². The monoisotopic (exact) mass is 456 g/mol. The molecule has 0 saturated heterocycles. The minimum atomic E-state index is 0.445. The van der Waals surface area contributed by atoms with Crippen LogP contribution in [0.1, 0.15) is 56.1 Å². The third kappa shape index (κ3) is 6.76. The van der Waals surface area contributed by atoms with Crippen LogP contribution in [0.5, 0.6) is 17.2 Å². The van der Waals surface area contributed by atoms with Gasteiger partial charge in [-0.1, -0.05) is 62.4 Å². The van der Waals surface area contributed by atoms with E-state index in [2.05, 4.69) is 34.5 Å². The van der Waals surface area contributed by atoms with Gasteiger partial charge in [-0.2, -0.15) is 0 Å². The van der Waals surface area contributed by atoms with Crippen LogP contribution in [0.2, 0.25) is 0 Å². The lowest BCUT2D eigenvalue weighted by Gasteiger charge is -2.30. The fraction of sp³-hybridized carbons (Fsp3) is 0.500. The van der Waals surface area contributed by atoms with Crippen molar-refractivity contribution in [3.63, 3.8) is 0 Å². The van der Waals surface area contributed by atoms with E-state index in [1.165, 1.54) is 50.5 Å². The molecule has 0 atom stereocenters. The van der Waals surface area contributed by atoms with Crippen LogP contribution >= 0.6 is 12.2 Å². The van der Waals surface area contributed by atoms with Crippen molar-refractivity contribution in [2.24, 2.45) is 0 Å². The van der Waals surface area contributed by atoms with Crippen LogP contribution in [-0.2, 0) is 13.1 Å². The third-order valence-electron chi connectivity index (χ3n) is 6.03. The number of ether oxygens (including phenoxy) is 3. The second-order valence-corrected chi connectivity index (χ2v) is 8.75. The predicted molar refractivity (Wildman–Crippen MR) is 134 cm³/mol. The Morgan fingerprint density at radius 2 is 1.41 bits per heavy atom. The summed E-state index contributed by atoms with van der Waals surface area (Å²) in [5.41, 5.74) is 2.28. The van der Waals surface area contributed by atoms with Gasteiger partial charge in [0.05, 0.1) is 21.3 Å². The Labute approximate surface area is 198 Å². The zero-order valence-electron chi connectivity index (χ0n) is 19.6. The van der Waals surface area contributed by atoms with Crippen LogP contribution < -0.4 is 19.5 Å². The Morgan fingerprint density at radius 1 is 0.844 bits per heavy atom. The highest BCUT2D eigenvalue weighted by Gasteiger charge is 2.19. The SMILES string of the molecule is COc1cc(CN(Cc2ccccc2)C(=S)NC2CCCCCCC2)cc(OC)c1OC. The zero-order chi connectivity index (χ0) is 22.8. The van der Waals surface area contributed by atoms with Crippen molar-refractivity contribution in [2.45, 2.75) is 64.1 Å². The van der Waals surface area contributed by atoms with Crippen LogP contribution in [0.3, 0.4) is 0 Å². The first-order chi connectivity index (χ1) is 15.6. The minimum absolute atomic E-state index is 0.445. The van der Waals surface area contributed by atoms with Gasteiger partial charge < -0.3 is 24.4 Å². The molecular formula is C26H36N2O3S. The number of thiocarbonyl (C=S) groups is 1. The van der Waals surface area contributed by atoms with E-state index in [9.17, 15) is 0 Å². The summed E-state index contributed by atoms with van der Waals surface area (Å²) in [6.07, 6.45) is 8.91. The first-order valence-electron chi connectivity index (χ1n) is 11.5. The maximum absolute atomic E-state index is 5.93. The van der Waals surface area contributed by atoms with Gasteiger partial charge in [0.1, 0.15) is 0 Å². The van der Waals surface area contributed by atoms with Crippen molar-refractivity contribution >= 4 is 17.3 Å². The van der Waals surface area contributed by atoms with Gasteiger partial charge in [0, 0.05) is 19.1 Å². The quantitative estimate of drug-likeness (QED) is 0.514. The Balaban J connectivity index is 1.81. The summed E-state index contributed by atoms with van der Waals surface area (Å²) >= 11 is 5.93. The molecule has 3 rings (SSSR count). The van der Waals surface area contributed by atoms with Crippen molar-refractivity contribution in [3.8, 4) is 17.2 Å². The van der Waals surface area contributed by atoms with Crippen molar-refractivity contribution in [3.05, 3.63) is 53.6 Å². The first kappa shape index (κ1) is 24.2. The van der Waals surface area contributed by atoms with Crippen molar-refractivity contribution in [2.75, 3.05) is 21.3 Å². The lowest BCUT2D eigenvalue weighted by molar-refractivity contribution is 0.321. The molecule has 0 spiro atoms. The number of hydrogen-bond donors (Lipinski definition) is 1. The minimum Gasteiger partial charge on any atom is -0.493 e. The maximum Gasteiger partial charge on any atom is 0.203 e. The molecule has 0 unspecified atom stereocenters. The fourth-order valence-corrected chi connectivity index (χ4v) is 4.61. The largest absolute Gasteiger partial charge is 0.493 e. The Hall–Kier alpha value is -2.47. The molecule has 5 nitrogen and oxygen atoms in total. The highest BCUT2D eigenvalue weighted by atomic mass is 32.1. The van der Waals surface area contributed by atoms with E-state index >= 15 is 0 Å². The van der Waals surface area contributed by atoms with Gasteiger partial charge in [0.15, 0.2) is 16.6 Å². The van der Waals surface area contributed by atoms with Gasteiger partial charge in [0.25, 0.3) is 0 Å². The van der Waals surface area contributed by atoms with Gasteiger partial charge in [0.2, 0.25) is 5.75 Å². The Morgan fingerprint density at radius 3 is 1.97 bits per heavy atom. The molecule has 1 aliphatic carbocycles. The van der Waals surface area contributed by atoms with E-state index in [1.54, 1.807) is 21.3 Å². The highest BCUT2D eigenvalue weighted by Crippen LogP contribution is 2.38. The molecule has 1 N–H and O–H groups in total. The van der Waals surface area contributed by atoms with E-state index in [0.717, 1.165) is 17.2 Å². The van der Waals surface area contributed by atoms with Crippen molar-refractivity contribution < 1.29 is 14.2 Å². The molecule has 0 radical (unpaired) electrons. The molecule has 0 bridgehead atoms. The second-order valence-electron chi connectivity index (χ2n) is 8.37. The smallest absolute Gasteiger partial charge is 0.203 e. The van der Waals surface area contributed by atoms with E-state index < -0.39 is 0 Å². The molecule has 2 aromatic carbocycles. The highest BCUT2D eigenvalue weighted by molar-refractivity contribution is 7.80. The molecule has 1 aliphatic rings. The first-order valence-corrected chi connectivity index (χ1v) is 11.9. The summed E-state index contributed by atoms with van der Waals surface area (Å²) in [5, 5.41) is 4.48. The van der Waals surface area contributed by atoms with Crippen LogP contribution in [0.4, 0.5) is 0 Å². The molecule has 32 heavy (non-hydrogen) atoms. The van der Waals surface area contributed by atoms with Gasteiger partial charge >= 0.3 is 0 Å². The fourth-order valence-electron chi connectivity index (χ4n) is 4.32. The van der Waals surface area contributed by atoms with Gasteiger partial charge in [-0.15, -0.1) is 0 Å². The molecule has 0 amide bonds. The molecule has 1 saturated carbocycles. The summed E-state index contributed by atoms with van der Waals surface area (Å²) < 4.78 is 16.6. The molecule has 2 aromatic rings. The number of methoxy groups -OCH3 is 3. The molecule has 0 aliphatic heterocycles. The average molecular weight is 457 g/mol. The van der Waals surface area contributed by atoms with Gasteiger partial charge in [-0.05, 0) is 48.3 Å². The average Bonchev–Trinajstić information content (AvgIpc) is 2.80. The second kappa shape index (κ2) is 12.5. The van der Waals surface area contributed by atoms with Crippen molar-refractivity contribution in [1.82, 2.24) is 10.2 Å². The number of nitrogens with one attached hydrogen (secondary N) is 1. The molecule has 174 valence electrons. The summed E-state index contributed by atoms with van der Waals surface area (Å²) in [6.45, 7) is 1.38. The molecule has 0 heterocycles. The molecule has 0 aromatic heterocycles. The van der Waals surface area contributed by atoms with Crippen molar-refractivity contribution in [1.29, 1.82) is 0 Å². The summed E-state index contributed by atoms with van der Waals surface area (Å²) in [6, 6.07) is 14.9. The number of nitrogens with zero attached hydrogens (tertiary/aromatic N) is 1. The van der Waals surface area contributed by atoms with Crippen LogP contribution in [0.25, 0.3) is 0 Å². The number of benzene rings is 2. The van der Waals surface area contributed by atoms with E-state index in [4.69, 9.17) is 26.4 Å². The lowest BCUT2D eigenvalue weighted by atomic mass is 9.97. The third-order valence-corrected chi connectivity index (χ3v) is 6.41. The van der Waals surface area contributed by atoms with Gasteiger partial charge in [-0.3, -0.25) is 0 Å². The van der Waals surface area contributed by atoms with Gasteiger partial charge in [-0.25, -0.2) is 0 Å². The number of hydrogen-bond acceptors (Lipinski definition) is 4. The maximum atomic E-state index is 5.93. The molecular weight excluding hydrogens is 420 g/mol. The standard InChI is InChI=1S/C26H36N2O3S/c1-29-23-16-21(17-24(30-2)25(23)31-3)19-28(18-20-12-8-7-9-13-20)26(32)27-22-14-10-5-4-6-11-15-22/h7-9,12-13,16-17,22H,4-6,10-11,14-15,18-19H2,1-3H3,(H,27,32). The van der Waals surface area contributed by atoms with E-state index in [-0.39, 0.29) is 0 Å². The summed E-state index contributed by atoms with van der Waals surface area (Å²) in [7, 11) is 4.91. The number of rotatable bonds is 8. The summed E-state index contributed by atoms with van der Waals surface area (Å²) in [5.74, 6) is 1.91.